The zero-order valence-corrected chi connectivity index (χ0v) is 37.2. The van der Waals surface area contributed by atoms with Crippen LogP contribution >= 0.6 is 0 Å². The molecule has 0 N–H and O–H groups in total. The summed E-state index contributed by atoms with van der Waals surface area (Å²) in [6, 6.07) is 38.7. The van der Waals surface area contributed by atoms with Crippen molar-refractivity contribution in [3.63, 3.8) is 0 Å². The molecule has 0 unspecified atom stereocenters. The summed E-state index contributed by atoms with van der Waals surface area (Å²) in [6.07, 6.45) is -7.07. The SMILES string of the molecule is C=CCCCO[C@@H]1O[C@H](CO[C@H]2O[C@H](COC(C)=O)[C@@H](OC(C)=O)[C@H](OC(C)=O)[C@H]2OCc2ccccc2)[C@@H](OCc2ccccc2)[C@H](OCc2ccccc2)[C@H]1OCc1ccccc1. The molecule has 10 atom stereocenters. The van der Waals surface area contributed by atoms with Gasteiger partial charge in [0.05, 0.1) is 39.6 Å². The van der Waals surface area contributed by atoms with Crippen molar-refractivity contribution in [2.45, 2.75) is 121 Å². The van der Waals surface area contributed by atoms with Gasteiger partial charge >= 0.3 is 17.9 Å². The van der Waals surface area contributed by atoms with Gasteiger partial charge in [0.15, 0.2) is 24.8 Å². The minimum absolute atomic E-state index is 0.0487. The highest BCUT2D eigenvalue weighted by Gasteiger charge is 2.53. The second kappa shape index (κ2) is 26.0. The summed E-state index contributed by atoms with van der Waals surface area (Å²) >= 11 is 0. The highest BCUT2D eigenvalue weighted by atomic mass is 16.8. The van der Waals surface area contributed by atoms with Crippen LogP contribution in [0.1, 0.15) is 55.9 Å². The largest absolute Gasteiger partial charge is 0.463 e. The number of hydrogen-bond donors (Lipinski definition) is 0. The predicted octanol–water partition coefficient (Wildman–Crippen LogP) is 7.20. The second-order valence-corrected chi connectivity index (χ2v) is 15.7. The van der Waals surface area contributed by atoms with Crippen LogP contribution in [0.2, 0.25) is 0 Å². The van der Waals surface area contributed by atoms with Crippen LogP contribution in [0, 0.1) is 0 Å². The van der Waals surface area contributed by atoms with Crippen molar-refractivity contribution in [2.75, 3.05) is 19.8 Å². The van der Waals surface area contributed by atoms with E-state index in [9.17, 15) is 14.4 Å². The molecule has 2 aliphatic rings. The molecule has 2 saturated heterocycles. The monoisotopic (exact) mass is 896 g/mol. The Morgan fingerprint density at radius 1 is 0.477 bits per heavy atom. The Kier molecular flexibility index (Phi) is 19.7. The number of ether oxygens (including phenoxy) is 11. The molecule has 4 aromatic rings. The third-order valence-electron chi connectivity index (χ3n) is 10.6. The van der Waals surface area contributed by atoms with E-state index in [-0.39, 0.29) is 39.6 Å². The average Bonchev–Trinajstić information content (AvgIpc) is 3.31. The first-order valence-corrected chi connectivity index (χ1v) is 21.9. The molecule has 14 heteroatoms. The summed E-state index contributed by atoms with van der Waals surface area (Å²) < 4.78 is 70.3. The highest BCUT2D eigenvalue weighted by Crippen LogP contribution is 2.34. The van der Waals surface area contributed by atoms with Gasteiger partial charge in [0.2, 0.25) is 0 Å². The Morgan fingerprint density at radius 3 is 1.32 bits per heavy atom. The number of rotatable bonds is 24. The molecule has 0 saturated carbocycles. The maximum absolute atomic E-state index is 12.8. The van der Waals surface area contributed by atoms with Crippen LogP contribution in [-0.4, -0.2) is 99.1 Å². The number of hydrogen-bond acceptors (Lipinski definition) is 14. The van der Waals surface area contributed by atoms with Gasteiger partial charge in [0.25, 0.3) is 0 Å². The van der Waals surface area contributed by atoms with Crippen LogP contribution < -0.4 is 0 Å². The van der Waals surface area contributed by atoms with Crippen LogP contribution in [0.4, 0.5) is 0 Å². The van der Waals surface area contributed by atoms with Gasteiger partial charge in [-0.2, -0.15) is 0 Å². The van der Waals surface area contributed by atoms with E-state index in [1.165, 1.54) is 20.8 Å². The number of carbonyl (C=O) groups excluding carboxylic acids is 3. The van der Waals surface area contributed by atoms with Gasteiger partial charge in [-0.3, -0.25) is 14.4 Å². The normalized spacial score (nSPS) is 25.3. The molecule has 0 spiro atoms. The molecule has 6 rings (SSSR count). The topological polar surface area (TPSA) is 153 Å². The summed E-state index contributed by atoms with van der Waals surface area (Å²) in [7, 11) is 0. The molecule has 4 aromatic carbocycles. The van der Waals surface area contributed by atoms with Crippen LogP contribution in [-0.2, 0) is 92.9 Å². The van der Waals surface area contributed by atoms with E-state index < -0.39 is 79.3 Å². The summed E-state index contributed by atoms with van der Waals surface area (Å²) in [5.41, 5.74) is 3.60. The average molecular weight is 897 g/mol. The fourth-order valence-electron chi connectivity index (χ4n) is 7.58. The molecule has 2 fully saturated rings. The predicted molar refractivity (Wildman–Crippen MR) is 236 cm³/mol. The van der Waals surface area contributed by atoms with Crippen molar-refractivity contribution in [2.24, 2.45) is 0 Å². The zero-order chi connectivity index (χ0) is 45.8. The summed E-state index contributed by atoms with van der Waals surface area (Å²) in [5.74, 6) is -1.95. The smallest absolute Gasteiger partial charge is 0.303 e. The van der Waals surface area contributed by atoms with Crippen LogP contribution in [0.3, 0.4) is 0 Å². The second-order valence-electron chi connectivity index (χ2n) is 15.7. The highest BCUT2D eigenvalue weighted by molar-refractivity contribution is 5.68. The van der Waals surface area contributed by atoms with E-state index >= 15 is 0 Å². The van der Waals surface area contributed by atoms with Crippen molar-refractivity contribution in [3.05, 3.63) is 156 Å². The van der Waals surface area contributed by atoms with Gasteiger partial charge in [-0.05, 0) is 35.1 Å². The number of allylic oxidation sites excluding steroid dienone is 1. The lowest BCUT2D eigenvalue weighted by Gasteiger charge is -2.47. The first-order valence-electron chi connectivity index (χ1n) is 21.9. The van der Waals surface area contributed by atoms with E-state index in [2.05, 4.69) is 6.58 Å². The summed E-state index contributed by atoms with van der Waals surface area (Å²) in [4.78, 5) is 37.4. The molecule has 14 nitrogen and oxygen atoms in total. The first kappa shape index (κ1) is 49.2. The number of benzene rings is 4. The van der Waals surface area contributed by atoms with Crippen LogP contribution in [0.5, 0.6) is 0 Å². The molecule has 65 heavy (non-hydrogen) atoms. The molecule has 0 bridgehead atoms. The Bertz CT molecular complexity index is 2020. The number of carbonyl (C=O) groups is 3. The van der Waals surface area contributed by atoms with Gasteiger partial charge in [0.1, 0.15) is 43.2 Å². The molecule has 348 valence electrons. The lowest BCUT2D eigenvalue weighted by Crippen LogP contribution is -2.64. The molecule has 0 amide bonds. The lowest BCUT2D eigenvalue weighted by atomic mass is 9.97. The fourth-order valence-corrected chi connectivity index (χ4v) is 7.58. The third-order valence-corrected chi connectivity index (χ3v) is 10.6. The van der Waals surface area contributed by atoms with Gasteiger partial charge in [0, 0.05) is 20.8 Å². The fraction of sp³-hybridized carbons (Fsp3) is 0.431. The van der Waals surface area contributed by atoms with Crippen molar-refractivity contribution in [1.82, 2.24) is 0 Å². The van der Waals surface area contributed by atoms with E-state index in [1.807, 2.05) is 127 Å². The van der Waals surface area contributed by atoms with Gasteiger partial charge in [-0.15, -0.1) is 6.58 Å². The molecule has 0 radical (unpaired) electrons. The van der Waals surface area contributed by atoms with Gasteiger partial charge < -0.3 is 52.1 Å². The van der Waals surface area contributed by atoms with E-state index in [1.54, 1.807) is 0 Å². The minimum Gasteiger partial charge on any atom is -0.463 e. The molecule has 0 aromatic heterocycles. The standard InChI is InChI=1S/C51H60O14/c1-5-6-19-28-55-50-48(59-31-40-24-15-9-16-25-40)46(58-30-39-22-13-8-14-23-39)44(57-29-38-20-11-7-12-21-38)42(64-50)34-61-51-49(60-32-41-26-17-10-18-27-41)47(63-37(4)54)45(62-36(3)53)43(65-51)33-56-35(2)52/h5,7-18,20-27,42-51H,1,6,19,28-34H2,2-4H3/t42-,43-,44-,45-,46+,47+,48-,49-,50-,51+/m1/s1. The third kappa shape index (κ3) is 15.4. The molecular formula is C51H60O14. The minimum atomic E-state index is -1.29. The van der Waals surface area contributed by atoms with Crippen molar-refractivity contribution >= 4 is 17.9 Å². The molecule has 2 heterocycles. The van der Waals surface area contributed by atoms with E-state index in [0.29, 0.717) is 13.0 Å². The van der Waals surface area contributed by atoms with Crippen molar-refractivity contribution in [3.8, 4) is 0 Å². The Balaban J connectivity index is 1.37. The maximum atomic E-state index is 12.8. The van der Waals surface area contributed by atoms with Crippen molar-refractivity contribution < 1.29 is 66.5 Å². The Morgan fingerprint density at radius 2 is 0.877 bits per heavy atom. The first-order chi connectivity index (χ1) is 31.7. The van der Waals surface area contributed by atoms with E-state index in [4.69, 9.17) is 52.1 Å². The molecule has 2 aliphatic heterocycles. The molecular weight excluding hydrogens is 837 g/mol. The lowest BCUT2D eigenvalue weighted by molar-refractivity contribution is -0.348. The van der Waals surface area contributed by atoms with Crippen LogP contribution in [0.25, 0.3) is 0 Å². The quantitative estimate of drug-likeness (QED) is 0.0302. The van der Waals surface area contributed by atoms with Crippen LogP contribution in [0.15, 0.2) is 134 Å². The summed E-state index contributed by atoms with van der Waals surface area (Å²) in [6.45, 7) is 8.04. The Hall–Kier alpha value is -5.29. The summed E-state index contributed by atoms with van der Waals surface area (Å²) in [5, 5.41) is 0. The van der Waals surface area contributed by atoms with E-state index in [0.717, 1.165) is 28.7 Å². The Labute approximate surface area is 380 Å². The van der Waals surface area contributed by atoms with Gasteiger partial charge in [-0.25, -0.2) is 0 Å². The maximum Gasteiger partial charge on any atom is 0.303 e. The van der Waals surface area contributed by atoms with Crippen molar-refractivity contribution in [1.29, 1.82) is 0 Å². The zero-order valence-electron chi connectivity index (χ0n) is 37.2. The number of unbranched alkanes of at least 4 members (excludes halogenated alkanes) is 1. The molecule has 0 aliphatic carbocycles. The number of esters is 3. The van der Waals surface area contributed by atoms with Gasteiger partial charge in [-0.1, -0.05) is 127 Å².